The summed E-state index contributed by atoms with van der Waals surface area (Å²) in [6, 6.07) is 0.472. The predicted molar refractivity (Wildman–Crippen MR) is 79.3 cm³/mol. The Morgan fingerprint density at radius 2 is 1.90 bits per heavy atom. The summed E-state index contributed by atoms with van der Waals surface area (Å²) in [5, 5.41) is 2.88. The SMILES string of the molecule is CC(CN1CCOCC1)NS(=O)(=O)C(C)CNC1CC1. The molecule has 0 spiro atoms. The van der Waals surface area contributed by atoms with Gasteiger partial charge in [-0.2, -0.15) is 0 Å². The van der Waals surface area contributed by atoms with Crippen LogP contribution in [-0.2, 0) is 14.8 Å². The highest BCUT2D eigenvalue weighted by Gasteiger charge is 2.27. The molecule has 2 atom stereocenters. The maximum atomic E-state index is 12.2. The number of nitrogens with zero attached hydrogens (tertiary/aromatic N) is 1. The molecule has 1 aliphatic carbocycles. The van der Waals surface area contributed by atoms with E-state index in [0.717, 1.165) is 32.8 Å². The molecule has 0 aromatic rings. The zero-order valence-corrected chi connectivity index (χ0v) is 13.3. The molecule has 118 valence electrons. The van der Waals surface area contributed by atoms with E-state index in [1.165, 1.54) is 12.8 Å². The van der Waals surface area contributed by atoms with Gasteiger partial charge in [0.25, 0.3) is 0 Å². The zero-order valence-electron chi connectivity index (χ0n) is 12.5. The van der Waals surface area contributed by atoms with Gasteiger partial charge in [0, 0.05) is 38.3 Å². The summed E-state index contributed by atoms with van der Waals surface area (Å²) >= 11 is 0. The molecule has 0 aromatic heterocycles. The number of morpholine rings is 1. The van der Waals surface area contributed by atoms with E-state index in [2.05, 4.69) is 14.9 Å². The number of nitrogens with one attached hydrogen (secondary N) is 2. The van der Waals surface area contributed by atoms with Crippen LogP contribution < -0.4 is 10.0 Å². The lowest BCUT2D eigenvalue weighted by Gasteiger charge is -2.29. The Kier molecular flexibility index (Phi) is 5.80. The normalized spacial score (nSPS) is 24.5. The van der Waals surface area contributed by atoms with Crippen molar-refractivity contribution in [1.29, 1.82) is 0 Å². The summed E-state index contributed by atoms with van der Waals surface area (Å²) in [6.07, 6.45) is 2.35. The summed E-state index contributed by atoms with van der Waals surface area (Å²) in [5.74, 6) is 0. The fourth-order valence-corrected chi connectivity index (χ4v) is 3.52. The maximum absolute atomic E-state index is 12.2. The Labute approximate surface area is 122 Å². The summed E-state index contributed by atoms with van der Waals surface area (Å²) in [5.41, 5.74) is 0. The lowest BCUT2D eigenvalue weighted by Crippen LogP contribution is -2.49. The first-order valence-electron chi connectivity index (χ1n) is 7.52. The number of hydrogen-bond acceptors (Lipinski definition) is 5. The van der Waals surface area contributed by atoms with Crippen LogP contribution in [0.4, 0.5) is 0 Å². The smallest absolute Gasteiger partial charge is 0.215 e. The summed E-state index contributed by atoms with van der Waals surface area (Å²) in [4.78, 5) is 2.24. The van der Waals surface area contributed by atoms with Crippen LogP contribution in [0.3, 0.4) is 0 Å². The molecule has 1 saturated heterocycles. The minimum atomic E-state index is -3.25. The molecule has 0 aromatic carbocycles. The van der Waals surface area contributed by atoms with Crippen LogP contribution in [0.25, 0.3) is 0 Å². The molecule has 2 unspecified atom stereocenters. The third-order valence-corrected chi connectivity index (χ3v) is 5.76. The Bertz CT molecular complexity index is 392. The molecule has 2 N–H and O–H groups in total. The molecule has 6 nitrogen and oxygen atoms in total. The van der Waals surface area contributed by atoms with Gasteiger partial charge < -0.3 is 10.1 Å². The van der Waals surface area contributed by atoms with Crippen LogP contribution in [0.15, 0.2) is 0 Å². The van der Waals surface area contributed by atoms with Crippen LogP contribution in [0.2, 0.25) is 0 Å². The maximum Gasteiger partial charge on any atom is 0.215 e. The standard InChI is InChI=1S/C13H27N3O3S/c1-11(10-16-5-7-19-8-6-16)15-20(17,18)12(2)9-14-13-3-4-13/h11-15H,3-10H2,1-2H3. The molecule has 0 bridgehead atoms. The number of rotatable bonds is 8. The van der Waals surface area contributed by atoms with Crippen molar-refractivity contribution in [3.63, 3.8) is 0 Å². The van der Waals surface area contributed by atoms with Gasteiger partial charge in [-0.05, 0) is 26.7 Å². The quantitative estimate of drug-likeness (QED) is 0.648. The summed E-state index contributed by atoms with van der Waals surface area (Å²) in [7, 11) is -3.25. The highest BCUT2D eigenvalue weighted by molar-refractivity contribution is 7.90. The van der Waals surface area contributed by atoms with E-state index < -0.39 is 15.3 Å². The molecular weight excluding hydrogens is 278 g/mol. The molecule has 1 aliphatic heterocycles. The van der Waals surface area contributed by atoms with Gasteiger partial charge in [-0.3, -0.25) is 4.90 Å². The average molecular weight is 305 g/mol. The fraction of sp³-hybridized carbons (Fsp3) is 1.00. The van der Waals surface area contributed by atoms with Gasteiger partial charge in [0.15, 0.2) is 0 Å². The van der Waals surface area contributed by atoms with E-state index in [4.69, 9.17) is 4.74 Å². The largest absolute Gasteiger partial charge is 0.379 e. The Morgan fingerprint density at radius 1 is 1.25 bits per heavy atom. The highest BCUT2D eigenvalue weighted by Crippen LogP contribution is 2.18. The lowest BCUT2D eigenvalue weighted by molar-refractivity contribution is 0.0354. The minimum Gasteiger partial charge on any atom is -0.379 e. The molecule has 1 heterocycles. The predicted octanol–water partition coefficient (Wildman–Crippen LogP) is -0.233. The molecule has 2 aliphatic rings. The first kappa shape index (κ1) is 16.2. The lowest BCUT2D eigenvalue weighted by atomic mass is 10.3. The van der Waals surface area contributed by atoms with Crippen LogP contribution in [-0.4, -0.2) is 70.0 Å². The van der Waals surface area contributed by atoms with Crippen LogP contribution >= 0.6 is 0 Å². The summed E-state index contributed by atoms with van der Waals surface area (Å²) < 4.78 is 32.5. The van der Waals surface area contributed by atoms with Gasteiger partial charge in [0.1, 0.15) is 0 Å². The molecule has 0 amide bonds. The first-order chi connectivity index (χ1) is 9.47. The van der Waals surface area contributed by atoms with E-state index in [1.54, 1.807) is 6.92 Å². The van der Waals surface area contributed by atoms with E-state index in [1.807, 2.05) is 6.92 Å². The van der Waals surface area contributed by atoms with Crippen molar-refractivity contribution < 1.29 is 13.2 Å². The Morgan fingerprint density at radius 3 is 2.50 bits per heavy atom. The average Bonchev–Trinajstić information content (AvgIpc) is 3.20. The van der Waals surface area contributed by atoms with Gasteiger partial charge in [-0.1, -0.05) is 0 Å². The summed E-state index contributed by atoms with van der Waals surface area (Å²) in [6.45, 7) is 8.20. The van der Waals surface area contributed by atoms with E-state index in [-0.39, 0.29) is 6.04 Å². The molecule has 2 rings (SSSR count). The molecule has 0 radical (unpaired) electrons. The molecule has 7 heteroatoms. The van der Waals surface area contributed by atoms with E-state index in [9.17, 15) is 8.42 Å². The monoisotopic (exact) mass is 305 g/mol. The van der Waals surface area contributed by atoms with Crippen molar-refractivity contribution in [2.24, 2.45) is 0 Å². The zero-order chi connectivity index (χ0) is 14.6. The van der Waals surface area contributed by atoms with Crippen molar-refractivity contribution in [3.05, 3.63) is 0 Å². The third-order valence-electron chi connectivity index (χ3n) is 3.80. The number of sulfonamides is 1. The van der Waals surface area contributed by atoms with Gasteiger partial charge in [-0.25, -0.2) is 13.1 Å². The molecule has 2 fully saturated rings. The Balaban J connectivity index is 1.73. The second-order valence-corrected chi connectivity index (χ2v) is 8.10. The van der Waals surface area contributed by atoms with Gasteiger partial charge in [0.2, 0.25) is 10.0 Å². The van der Waals surface area contributed by atoms with E-state index in [0.29, 0.717) is 12.6 Å². The van der Waals surface area contributed by atoms with Crippen LogP contribution in [0, 0.1) is 0 Å². The number of hydrogen-bond donors (Lipinski definition) is 2. The molecule has 1 saturated carbocycles. The van der Waals surface area contributed by atoms with Gasteiger partial charge >= 0.3 is 0 Å². The first-order valence-corrected chi connectivity index (χ1v) is 9.06. The Hall–Kier alpha value is -0.210. The third kappa shape index (κ3) is 5.29. The molecular formula is C13H27N3O3S. The van der Waals surface area contributed by atoms with Gasteiger partial charge in [0.05, 0.1) is 18.5 Å². The fourth-order valence-electron chi connectivity index (χ4n) is 2.33. The second kappa shape index (κ2) is 7.17. The van der Waals surface area contributed by atoms with Crippen LogP contribution in [0.5, 0.6) is 0 Å². The van der Waals surface area contributed by atoms with E-state index >= 15 is 0 Å². The molecule has 20 heavy (non-hydrogen) atoms. The van der Waals surface area contributed by atoms with Crippen molar-refractivity contribution in [1.82, 2.24) is 14.9 Å². The number of ether oxygens (including phenoxy) is 1. The second-order valence-electron chi connectivity index (χ2n) is 5.97. The topological polar surface area (TPSA) is 70.7 Å². The van der Waals surface area contributed by atoms with Crippen molar-refractivity contribution in [2.45, 2.75) is 44.0 Å². The van der Waals surface area contributed by atoms with Crippen molar-refractivity contribution >= 4 is 10.0 Å². The van der Waals surface area contributed by atoms with Crippen molar-refractivity contribution in [2.75, 3.05) is 39.4 Å². The van der Waals surface area contributed by atoms with Gasteiger partial charge in [-0.15, -0.1) is 0 Å². The van der Waals surface area contributed by atoms with Crippen molar-refractivity contribution in [3.8, 4) is 0 Å². The van der Waals surface area contributed by atoms with Crippen LogP contribution in [0.1, 0.15) is 26.7 Å². The highest BCUT2D eigenvalue weighted by atomic mass is 32.2. The minimum absolute atomic E-state index is 0.0681.